The number of halogens is 1. The van der Waals surface area contributed by atoms with Crippen LogP contribution in [0.5, 0.6) is 5.75 Å². The predicted molar refractivity (Wildman–Crippen MR) is 115 cm³/mol. The molecule has 0 bridgehead atoms. The van der Waals surface area contributed by atoms with E-state index in [-0.39, 0.29) is 5.91 Å². The molecule has 1 saturated carbocycles. The molecule has 1 N–H and O–H groups in total. The van der Waals surface area contributed by atoms with Crippen molar-refractivity contribution in [3.8, 4) is 5.75 Å². The van der Waals surface area contributed by atoms with Gasteiger partial charge >= 0.3 is 0 Å². The molecule has 1 aliphatic rings. The second-order valence-corrected chi connectivity index (χ2v) is 8.79. The maximum atomic E-state index is 12.3. The first-order valence-corrected chi connectivity index (χ1v) is 11.7. The lowest BCUT2D eigenvalue weighted by Crippen LogP contribution is -2.35. The van der Waals surface area contributed by atoms with E-state index in [9.17, 15) is 4.79 Å². The number of nitrogens with one attached hydrogen (secondary N) is 1. The molecule has 0 atom stereocenters. The Labute approximate surface area is 179 Å². The number of aromatic nitrogens is 3. The Morgan fingerprint density at radius 2 is 1.93 bits per heavy atom. The van der Waals surface area contributed by atoms with Crippen LogP contribution >= 0.6 is 27.7 Å². The zero-order valence-corrected chi connectivity index (χ0v) is 18.6. The van der Waals surface area contributed by atoms with Gasteiger partial charge in [-0.3, -0.25) is 4.79 Å². The minimum atomic E-state index is 0.0789. The van der Waals surface area contributed by atoms with Gasteiger partial charge in [0, 0.05) is 17.1 Å². The van der Waals surface area contributed by atoms with Crippen LogP contribution in [0.25, 0.3) is 0 Å². The van der Waals surface area contributed by atoms with Gasteiger partial charge in [-0.25, -0.2) is 0 Å². The molecule has 1 aromatic carbocycles. The molecule has 3 rings (SSSR count). The average Bonchev–Trinajstić information content (AvgIpc) is 2.91. The molecular formula is C20H27BrN4O2S. The monoisotopic (exact) mass is 466 g/mol. The number of carbonyl (C=O) groups is 1. The van der Waals surface area contributed by atoms with Crippen LogP contribution in [0.15, 0.2) is 33.9 Å². The lowest BCUT2D eigenvalue weighted by molar-refractivity contribution is -0.119. The minimum absolute atomic E-state index is 0.0789. The lowest BCUT2D eigenvalue weighted by atomic mass is 10.1. The second-order valence-electron chi connectivity index (χ2n) is 6.93. The molecule has 28 heavy (non-hydrogen) atoms. The zero-order chi connectivity index (χ0) is 19.8. The topological polar surface area (TPSA) is 69.0 Å². The Hall–Kier alpha value is -1.54. The van der Waals surface area contributed by atoms with E-state index in [1.165, 1.54) is 37.4 Å². The number of rotatable bonds is 8. The lowest BCUT2D eigenvalue weighted by Gasteiger charge is -2.16. The number of carbonyl (C=O) groups excluding carboxylic acids is 1. The maximum absolute atomic E-state index is 12.3. The van der Waals surface area contributed by atoms with Crippen molar-refractivity contribution < 1.29 is 9.53 Å². The average molecular weight is 467 g/mol. The van der Waals surface area contributed by atoms with Gasteiger partial charge in [0.05, 0.1) is 5.75 Å². The van der Waals surface area contributed by atoms with Gasteiger partial charge in [0.25, 0.3) is 0 Å². The van der Waals surface area contributed by atoms with Crippen LogP contribution < -0.4 is 10.1 Å². The molecule has 0 saturated heterocycles. The van der Waals surface area contributed by atoms with E-state index in [1.54, 1.807) is 0 Å². The molecule has 0 spiro atoms. The van der Waals surface area contributed by atoms with Crippen molar-refractivity contribution in [1.29, 1.82) is 0 Å². The summed E-state index contributed by atoms with van der Waals surface area (Å²) in [5.41, 5.74) is 0. The van der Waals surface area contributed by atoms with Crippen molar-refractivity contribution in [2.24, 2.45) is 0 Å². The Morgan fingerprint density at radius 3 is 2.61 bits per heavy atom. The van der Waals surface area contributed by atoms with Crippen molar-refractivity contribution in [3.63, 3.8) is 0 Å². The summed E-state index contributed by atoms with van der Waals surface area (Å²) in [6.45, 7) is 3.12. The molecule has 152 valence electrons. The zero-order valence-electron chi connectivity index (χ0n) is 16.2. The molecular weight excluding hydrogens is 440 g/mol. The van der Waals surface area contributed by atoms with E-state index in [0.29, 0.717) is 18.4 Å². The first kappa shape index (κ1) is 21.2. The molecule has 1 heterocycles. The highest BCUT2D eigenvalue weighted by atomic mass is 79.9. The SMILES string of the molecule is CCn1c(COc2ccc(Br)cc2)nnc1SCC(=O)NC1CCCCCC1. The van der Waals surface area contributed by atoms with Crippen molar-refractivity contribution in [2.75, 3.05) is 5.75 Å². The smallest absolute Gasteiger partial charge is 0.230 e. The molecule has 1 amide bonds. The summed E-state index contributed by atoms with van der Waals surface area (Å²) in [6, 6.07) is 8.02. The summed E-state index contributed by atoms with van der Waals surface area (Å²) in [4.78, 5) is 12.3. The second kappa shape index (κ2) is 10.9. The van der Waals surface area contributed by atoms with Gasteiger partial charge in [-0.05, 0) is 44.0 Å². The Kier molecular flexibility index (Phi) is 8.21. The first-order valence-electron chi connectivity index (χ1n) is 9.88. The predicted octanol–water partition coefficient (Wildman–Crippen LogP) is 4.57. The molecule has 6 nitrogen and oxygen atoms in total. The van der Waals surface area contributed by atoms with Crippen molar-refractivity contribution in [3.05, 3.63) is 34.6 Å². The third-order valence-electron chi connectivity index (χ3n) is 4.84. The van der Waals surface area contributed by atoms with Gasteiger partial charge in [0.2, 0.25) is 5.91 Å². The third-order valence-corrected chi connectivity index (χ3v) is 6.34. The van der Waals surface area contributed by atoms with Gasteiger partial charge < -0.3 is 14.6 Å². The highest BCUT2D eigenvalue weighted by Gasteiger charge is 2.17. The summed E-state index contributed by atoms with van der Waals surface area (Å²) < 4.78 is 8.82. The number of amides is 1. The van der Waals surface area contributed by atoms with Gasteiger partial charge in [-0.15, -0.1) is 10.2 Å². The standard InChI is InChI=1S/C20H27BrN4O2S/c1-2-25-18(13-27-17-11-9-15(21)10-12-17)23-24-20(25)28-14-19(26)22-16-7-5-3-4-6-8-16/h9-12,16H,2-8,13-14H2,1H3,(H,22,26). The largest absolute Gasteiger partial charge is 0.486 e. The van der Waals surface area contributed by atoms with E-state index >= 15 is 0 Å². The van der Waals surface area contributed by atoms with Crippen LogP contribution in [-0.2, 0) is 17.9 Å². The molecule has 2 aromatic rings. The van der Waals surface area contributed by atoms with Crippen LogP contribution in [0.3, 0.4) is 0 Å². The van der Waals surface area contributed by atoms with Gasteiger partial charge in [-0.2, -0.15) is 0 Å². The minimum Gasteiger partial charge on any atom is -0.486 e. The van der Waals surface area contributed by atoms with E-state index in [2.05, 4.69) is 31.4 Å². The van der Waals surface area contributed by atoms with Gasteiger partial charge in [0.1, 0.15) is 12.4 Å². The maximum Gasteiger partial charge on any atom is 0.230 e. The molecule has 1 aliphatic carbocycles. The summed E-state index contributed by atoms with van der Waals surface area (Å²) in [5.74, 6) is 1.99. The van der Waals surface area contributed by atoms with Crippen LogP contribution in [0.2, 0.25) is 0 Å². The third kappa shape index (κ3) is 6.24. The Bertz CT molecular complexity index is 758. The number of ether oxygens (including phenoxy) is 1. The van der Waals surface area contributed by atoms with Gasteiger partial charge in [0.15, 0.2) is 11.0 Å². The number of hydrogen-bond donors (Lipinski definition) is 1. The fourth-order valence-corrected chi connectivity index (χ4v) is 4.45. The quantitative estimate of drug-likeness (QED) is 0.455. The Morgan fingerprint density at radius 1 is 1.21 bits per heavy atom. The number of thioether (sulfide) groups is 1. The summed E-state index contributed by atoms with van der Waals surface area (Å²) in [6.07, 6.45) is 7.18. The van der Waals surface area contributed by atoms with Crippen LogP contribution in [0.4, 0.5) is 0 Å². The molecule has 1 aromatic heterocycles. The van der Waals surface area contributed by atoms with Crippen LogP contribution in [-0.4, -0.2) is 32.5 Å². The molecule has 1 fully saturated rings. The number of hydrogen-bond acceptors (Lipinski definition) is 5. The summed E-state index contributed by atoms with van der Waals surface area (Å²) >= 11 is 4.85. The fourth-order valence-electron chi connectivity index (χ4n) is 3.35. The van der Waals surface area contributed by atoms with E-state index < -0.39 is 0 Å². The highest BCUT2D eigenvalue weighted by molar-refractivity contribution is 9.10. The molecule has 0 radical (unpaired) electrons. The van der Waals surface area contributed by atoms with Crippen molar-refractivity contribution >= 4 is 33.6 Å². The van der Waals surface area contributed by atoms with Crippen molar-refractivity contribution in [2.45, 2.75) is 69.8 Å². The summed E-state index contributed by atoms with van der Waals surface area (Å²) in [5, 5.41) is 12.4. The molecule has 0 aliphatic heterocycles. The Balaban J connectivity index is 1.51. The summed E-state index contributed by atoms with van der Waals surface area (Å²) in [7, 11) is 0. The fraction of sp³-hybridized carbons (Fsp3) is 0.550. The molecule has 0 unspecified atom stereocenters. The number of nitrogens with zero attached hydrogens (tertiary/aromatic N) is 3. The van der Waals surface area contributed by atoms with Gasteiger partial charge in [-0.1, -0.05) is 53.4 Å². The normalized spacial score (nSPS) is 15.2. The van der Waals surface area contributed by atoms with E-state index in [0.717, 1.165) is 40.6 Å². The number of benzene rings is 1. The van der Waals surface area contributed by atoms with Crippen LogP contribution in [0.1, 0.15) is 51.3 Å². The first-order chi connectivity index (χ1) is 13.7. The highest BCUT2D eigenvalue weighted by Crippen LogP contribution is 2.21. The van der Waals surface area contributed by atoms with E-state index in [4.69, 9.17) is 4.74 Å². The van der Waals surface area contributed by atoms with E-state index in [1.807, 2.05) is 35.8 Å². The van der Waals surface area contributed by atoms with Crippen molar-refractivity contribution in [1.82, 2.24) is 20.1 Å². The molecule has 8 heteroatoms. The van der Waals surface area contributed by atoms with Crippen LogP contribution in [0, 0.1) is 0 Å².